The van der Waals surface area contributed by atoms with Crippen LogP contribution in [-0.2, 0) is 6.54 Å². The molecule has 0 aliphatic heterocycles. The molecule has 0 aliphatic rings. The van der Waals surface area contributed by atoms with Crippen LogP contribution in [0.1, 0.15) is 5.56 Å². The number of fused-ring (bicyclic) bond motifs is 1. The molecule has 130 valence electrons. The fourth-order valence-electron chi connectivity index (χ4n) is 2.87. The van der Waals surface area contributed by atoms with Gasteiger partial charge in [-0.15, -0.1) is 0 Å². The van der Waals surface area contributed by atoms with Gasteiger partial charge in [-0.05, 0) is 35.9 Å². The molecular formula is C19H18N6O. The molecule has 0 saturated heterocycles. The van der Waals surface area contributed by atoms with Crippen molar-refractivity contribution < 1.29 is 4.74 Å². The maximum atomic E-state index is 6.10. The second kappa shape index (κ2) is 6.45. The Hall–Kier alpha value is -3.45. The van der Waals surface area contributed by atoms with Crippen LogP contribution in [0.4, 0.5) is 5.82 Å². The van der Waals surface area contributed by atoms with E-state index in [-0.39, 0.29) is 0 Å². The number of hydrogen-bond donors (Lipinski definition) is 2. The third kappa shape index (κ3) is 2.64. The van der Waals surface area contributed by atoms with Crippen molar-refractivity contribution in [2.75, 3.05) is 12.8 Å². The zero-order chi connectivity index (χ0) is 18.1. The maximum absolute atomic E-state index is 6.10. The van der Waals surface area contributed by atoms with Crippen LogP contribution in [0.3, 0.4) is 0 Å². The average Bonchev–Trinajstić information content (AvgIpc) is 3.06. The first-order chi connectivity index (χ1) is 12.7. The third-order valence-corrected chi connectivity index (χ3v) is 4.20. The Balaban J connectivity index is 2.03. The largest absolute Gasteiger partial charge is 0.481 e. The number of nitrogens with zero attached hydrogens (tertiary/aromatic N) is 4. The van der Waals surface area contributed by atoms with Crippen molar-refractivity contribution in [2.45, 2.75) is 6.54 Å². The van der Waals surface area contributed by atoms with Crippen LogP contribution < -0.4 is 16.2 Å². The van der Waals surface area contributed by atoms with Crippen LogP contribution in [-0.4, -0.2) is 26.6 Å². The topological polar surface area (TPSA) is 105 Å². The molecule has 7 heteroatoms. The van der Waals surface area contributed by atoms with Crippen molar-refractivity contribution in [3.63, 3.8) is 0 Å². The van der Waals surface area contributed by atoms with Crippen LogP contribution in [0.5, 0.6) is 5.88 Å². The molecule has 0 saturated carbocycles. The van der Waals surface area contributed by atoms with Gasteiger partial charge in [-0.3, -0.25) is 4.57 Å². The molecule has 0 spiro atoms. The summed E-state index contributed by atoms with van der Waals surface area (Å²) in [5.74, 6) is 1.60. The molecule has 0 radical (unpaired) electrons. The lowest BCUT2D eigenvalue weighted by molar-refractivity contribution is 0.399. The summed E-state index contributed by atoms with van der Waals surface area (Å²) < 4.78 is 7.23. The molecule has 3 aromatic heterocycles. The Morgan fingerprint density at radius 2 is 1.85 bits per heavy atom. The molecule has 7 nitrogen and oxygen atoms in total. The molecule has 0 atom stereocenters. The molecule has 4 rings (SSSR count). The summed E-state index contributed by atoms with van der Waals surface area (Å²) in [6, 6.07) is 15.3. The van der Waals surface area contributed by atoms with E-state index in [0.29, 0.717) is 29.7 Å². The van der Waals surface area contributed by atoms with Gasteiger partial charge in [-0.25, -0.2) is 9.97 Å². The molecule has 1 aromatic carbocycles. The number of aromatic nitrogens is 4. The number of hydrogen-bond acceptors (Lipinski definition) is 6. The van der Waals surface area contributed by atoms with Crippen molar-refractivity contribution in [3.05, 3.63) is 60.3 Å². The molecule has 26 heavy (non-hydrogen) atoms. The van der Waals surface area contributed by atoms with Crippen LogP contribution in [0, 0.1) is 0 Å². The standard InChI is InChI=1S/C19H18N6O/c1-26-16-9-8-15-19(24-16)25(13-6-4-12(11-20)5-7-13)18(23-15)14-3-2-10-22-17(14)21/h2-10H,11,20H2,1H3,(H2,21,22). The summed E-state index contributed by atoms with van der Waals surface area (Å²) in [7, 11) is 1.59. The van der Waals surface area contributed by atoms with E-state index >= 15 is 0 Å². The Kier molecular flexibility index (Phi) is 3.98. The number of nitrogens with two attached hydrogens (primary N) is 2. The number of anilines is 1. The number of benzene rings is 1. The molecule has 0 aliphatic carbocycles. The Bertz CT molecular complexity index is 1070. The van der Waals surface area contributed by atoms with Gasteiger partial charge in [0.05, 0.1) is 12.7 Å². The highest BCUT2D eigenvalue weighted by atomic mass is 16.5. The predicted molar refractivity (Wildman–Crippen MR) is 101 cm³/mol. The van der Waals surface area contributed by atoms with Gasteiger partial charge in [-0.1, -0.05) is 12.1 Å². The number of rotatable bonds is 4. The van der Waals surface area contributed by atoms with Gasteiger partial charge in [0, 0.05) is 24.5 Å². The molecular weight excluding hydrogens is 328 g/mol. The lowest BCUT2D eigenvalue weighted by Gasteiger charge is -2.11. The summed E-state index contributed by atoms with van der Waals surface area (Å²) in [5, 5.41) is 0. The molecule has 4 N–H and O–H groups in total. The molecule has 0 bridgehead atoms. The van der Waals surface area contributed by atoms with E-state index in [0.717, 1.165) is 22.3 Å². The number of methoxy groups -OCH3 is 1. The van der Waals surface area contributed by atoms with Crippen LogP contribution >= 0.6 is 0 Å². The van der Waals surface area contributed by atoms with E-state index in [2.05, 4.69) is 9.97 Å². The summed E-state index contributed by atoms with van der Waals surface area (Å²) in [4.78, 5) is 13.5. The molecule has 0 fully saturated rings. The number of imidazole rings is 1. The minimum absolute atomic E-state index is 0.412. The van der Waals surface area contributed by atoms with Gasteiger partial charge in [0.25, 0.3) is 0 Å². The lowest BCUT2D eigenvalue weighted by Crippen LogP contribution is -2.03. The molecule has 4 aromatic rings. The lowest BCUT2D eigenvalue weighted by atomic mass is 10.2. The van der Waals surface area contributed by atoms with E-state index in [9.17, 15) is 0 Å². The van der Waals surface area contributed by atoms with Crippen molar-refractivity contribution in [3.8, 4) is 23.0 Å². The van der Waals surface area contributed by atoms with E-state index in [1.807, 2.05) is 47.0 Å². The Morgan fingerprint density at radius 1 is 1.04 bits per heavy atom. The van der Waals surface area contributed by atoms with Crippen molar-refractivity contribution in [2.24, 2.45) is 5.73 Å². The summed E-state index contributed by atoms with van der Waals surface area (Å²) >= 11 is 0. The molecule has 0 unspecified atom stereocenters. The molecule has 0 amide bonds. The van der Waals surface area contributed by atoms with Gasteiger partial charge < -0.3 is 16.2 Å². The summed E-state index contributed by atoms with van der Waals surface area (Å²) in [6.07, 6.45) is 1.66. The predicted octanol–water partition coefficient (Wildman–Crippen LogP) is 2.53. The number of pyridine rings is 2. The monoisotopic (exact) mass is 346 g/mol. The fourth-order valence-corrected chi connectivity index (χ4v) is 2.87. The van der Waals surface area contributed by atoms with Crippen LogP contribution in [0.2, 0.25) is 0 Å². The summed E-state index contributed by atoms with van der Waals surface area (Å²) in [5.41, 5.74) is 15.9. The zero-order valence-corrected chi connectivity index (χ0v) is 14.3. The van der Waals surface area contributed by atoms with Crippen molar-refractivity contribution in [1.29, 1.82) is 0 Å². The zero-order valence-electron chi connectivity index (χ0n) is 14.3. The molecule has 3 heterocycles. The SMILES string of the molecule is COc1ccc2nc(-c3cccnc3N)n(-c3ccc(CN)cc3)c2n1. The van der Waals surface area contributed by atoms with Crippen LogP contribution in [0.15, 0.2) is 54.7 Å². The average molecular weight is 346 g/mol. The minimum Gasteiger partial charge on any atom is -0.481 e. The fraction of sp³-hybridized carbons (Fsp3) is 0.105. The van der Waals surface area contributed by atoms with E-state index < -0.39 is 0 Å². The third-order valence-electron chi connectivity index (χ3n) is 4.20. The van der Waals surface area contributed by atoms with Crippen molar-refractivity contribution >= 4 is 17.0 Å². The Labute approximate surface area is 150 Å². The van der Waals surface area contributed by atoms with E-state index in [4.69, 9.17) is 21.2 Å². The Morgan fingerprint density at radius 3 is 2.54 bits per heavy atom. The van der Waals surface area contributed by atoms with Crippen LogP contribution in [0.25, 0.3) is 28.2 Å². The second-order valence-electron chi connectivity index (χ2n) is 5.77. The maximum Gasteiger partial charge on any atom is 0.215 e. The highest BCUT2D eigenvalue weighted by molar-refractivity contribution is 5.83. The second-order valence-corrected chi connectivity index (χ2v) is 5.77. The van der Waals surface area contributed by atoms with Gasteiger partial charge >= 0.3 is 0 Å². The van der Waals surface area contributed by atoms with E-state index in [1.165, 1.54) is 0 Å². The highest BCUT2D eigenvalue weighted by Crippen LogP contribution is 2.31. The van der Waals surface area contributed by atoms with Gasteiger partial charge in [0.1, 0.15) is 11.3 Å². The number of ether oxygens (including phenoxy) is 1. The normalized spacial score (nSPS) is 11.0. The first-order valence-electron chi connectivity index (χ1n) is 8.15. The first-order valence-corrected chi connectivity index (χ1v) is 8.15. The quantitative estimate of drug-likeness (QED) is 0.588. The van der Waals surface area contributed by atoms with E-state index in [1.54, 1.807) is 19.4 Å². The smallest absolute Gasteiger partial charge is 0.215 e. The van der Waals surface area contributed by atoms with Gasteiger partial charge in [0.2, 0.25) is 5.88 Å². The minimum atomic E-state index is 0.412. The van der Waals surface area contributed by atoms with Crippen molar-refractivity contribution in [1.82, 2.24) is 19.5 Å². The number of nitrogen functional groups attached to an aromatic ring is 1. The highest BCUT2D eigenvalue weighted by Gasteiger charge is 2.18. The van der Waals surface area contributed by atoms with Gasteiger partial charge in [0.15, 0.2) is 11.5 Å². The first kappa shape index (κ1) is 16.0. The van der Waals surface area contributed by atoms with Gasteiger partial charge in [-0.2, -0.15) is 4.98 Å². The summed E-state index contributed by atoms with van der Waals surface area (Å²) in [6.45, 7) is 0.486.